The van der Waals surface area contributed by atoms with E-state index in [1.54, 1.807) is 0 Å². The van der Waals surface area contributed by atoms with Gasteiger partial charge in [-0.25, -0.2) is 0 Å². The van der Waals surface area contributed by atoms with E-state index < -0.39 is 0 Å². The minimum absolute atomic E-state index is 1.11. The van der Waals surface area contributed by atoms with E-state index in [1.807, 2.05) is 0 Å². The first-order valence-electron chi connectivity index (χ1n) is 18.8. The number of aryl methyl sites for hydroxylation is 3. The van der Waals surface area contributed by atoms with Gasteiger partial charge in [0, 0.05) is 32.3 Å². The molecule has 0 spiro atoms. The minimum Gasteiger partial charge on any atom is -0.309 e. The monoisotopic (exact) mass is 680 g/mol. The van der Waals surface area contributed by atoms with Crippen LogP contribution in [0.5, 0.6) is 0 Å². The second kappa shape index (κ2) is 12.4. The van der Waals surface area contributed by atoms with E-state index in [9.17, 15) is 0 Å². The van der Waals surface area contributed by atoms with Gasteiger partial charge in [-0.3, -0.25) is 0 Å². The highest BCUT2D eigenvalue weighted by Gasteiger charge is 2.20. The summed E-state index contributed by atoms with van der Waals surface area (Å²) in [5.74, 6) is 0. The molecule has 0 aliphatic rings. The van der Waals surface area contributed by atoms with Gasteiger partial charge in [0.1, 0.15) is 0 Å². The average molecular weight is 681 g/mol. The highest BCUT2D eigenvalue weighted by atomic mass is 15.0. The Morgan fingerprint density at radius 3 is 1.38 bits per heavy atom. The van der Waals surface area contributed by atoms with Crippen molar-refractivity contribution in [2.45, 2.75) is 33.6 Å². The van der Waals surface area contributed by atoms with E-state index in [2.05, 4.69) is 194 Å². The predicted molar refractivity (Wildman–Crippen MR) is 227 cm³/mol. The van der Waals surface area contributed by atoms with Crippen molar-refractivity contribution in [1.29, 1.82) is 0 Å². The summed E-state index contributed by atoms with van der Waals surface area (Å²) < 4.78 is 4.97. The molecule has 2 heterocycles. The third-order valence-corrected chi connectivity index (χ3v) is 11.3. The van der Waals surface area contributed by atoms with Gasteiger partial charge in [-0.05, 0) is 95.6 Å². The van der Waals surface area contributed by atoms with Gasteiger partial charge in [-0.1, -0.05) is 141 Å². The van der Waals surface area contributed by atoms with Gasteiger partial charge in [-0.15, -0.1) is 0 Å². The Labute approximate surface area is 310 Å². The molecular weight excluding hydrogens is 641 g/mol. The maximum atomic E-state index is 2.49. The SMILES string of the molecule is CCCc1ccc(-c2ccc3c4ccccc4n(-c4ccc(-n5c6ccccc6c6ccc(-c7ccccc7C)cc65)c5ccccc45)c3c2)c(C)c1. The van der Waals surface area contributed by atoms with Crippen LogP contribution in [-0.4, -0.2) is 9.13 Å². The third-order valence-electron chi connectivity index (χ3n) is 11.3. The van der Waals surface area contributed by atoms with Crippen molar-refractivity contribution >= 4 is 54.4 Å². The molecule has 0 atom stereocenters. The van der Waals surface area contributed by atoms with Gasteiger partial charge >= 0.3 is 0 Å². The molecule has 10 aromatic rings. The molecule has 2 aromatic heterocycles. The minimum atomic E-state index is 1.11. The molecule has 0 saturated heterocycles. The number of fused-ring (bicyclic) bond motifs is 7. The summed E-state index contributed by atoms with van der Waals surface area (Å²) in [6.45, 7) is 6.69. The molecule has 0 saturated carbocycles. The van der Waals surface area contributed by atoms with Crippen LogP contribution < -0.4 is 0 Å². The van der Waals surface area contributed by atoms with Crippen molar-refractivity contribution in [3.8, 4) is 33.6 Å². The van der Waals surface area contributed by atoms with Gasteiger partial charge in [0.15, 0.2) is 0 Å². The van der Waals surface area contributed by atoms with Gasteiger partial charge in [0.2, 0.25) is 0 Å². The molecule has 0 aliphatic carbocycles. The number of nitrogens with zero attached hydrogens (tertiary/aromatic N) is 2. The molecule has 2 heteroatoms. The molecular formula is C51H40N2. The van der Waals surface area contributed by atoms with Crippen molar-refractivity contribution in [1.82, 2.24) is 9.13 Å². The van der Waals surface area contributed by atoms with Crippen LogP contribution in [0.15, 0.2) is 164 Å². The zero-order chi connectivity index (χ0) is 35.6. The van der Waals surface area contributed by atoms with E-state index in [-0.39, 0.29) is 0 Å². The first-order valence-corrected chi connectivity index (χ1v) is 18.8. The van der Waals surface area contributed by atoms with Gasteiger partial charge < -0.3 is 9.13 Å². The Hall–Kier alpha value is -6.38. The highest BCUT2D eigenvalue weighted by Crippen LogP contribution is 2.41. The summed E-state index contributed by atoms with van der Waals surface area (Å²) in [6, 6.07) is 61.0. The summed E-state index contributed by atoms with van der Waals surface area (Å²) >= 11 is 0. The molecule has 0 N–H and O–H groups in total. The van der Waals surface area contributed by atoms with Gasteiger partial charge in [-0.2, -0.15) is 0 Å². The molecule has 0 aliphatic heterocycles. The molecule has 2 nitrogen and oxygen atoms in total. The summed E-state index contributed by atoms with van der Waals surface area (Å²) in [6.07, 6.45) is 2.27. The lowest BCUT2D eigenvalue weighted by Gasteiger charge is -2.17. The Bertz CT molecular complexity index is 3040. The first-order chi connectivity index (χ1) is 26.1. The lowest BCUT2D eigenvalue weighted by molar-refractivity contribution is 0.920. The van der Waals surface area contributed by atoms with Crippen LogP contribution in [0.1, 0.15) is 30.0 Å². The fourth-order valence-corrected chi connectivity index (χ4v) is 8.84. The van der Waals surface area contributed by atoms with Crippen LogP contribution >= 0.6 is 0 Å². The largest absolute Gasteiger partial charge is 0.309 e. The summed E-state index contributed by atoms with van der Waals surface area (Å²) in [5, 5.41) is 7.50. The molecule has 0 fully saturated rings. The molecule has 53 heavy (non-hydrogen) atoms. The fourth-order valence-electron chi connectivity index (χ4n) is 8.84. The van der Waals surface area contributed by atoms with Crippen molar-refractivity contribution in [3.05, 3.63) is 180 Å². The van der Waals surface area contributed by atoms with Crippen LogP contribution in [-0.2, 0) is 6.42 Å². The van der Waals surface area contributed by atoms with E-state index in [0.29, 0.717) is 0 Å². The third kappa shape index (κ3) is 4.94. The van der Waals surface area contributed by atoms with Crippen molar-refractivity contribution in [3.63, 3.8) is 0 Å². The molecule has 254 valence electrons. The van der Waals surface area contributed by atoms with Crippen LogP contribution in [0.3, 0.4) is 0 Å². The molecule has 0 amide bonds. The molecule has 10 rings (SSSR count). The molecule has 0 bridgehead atoms. The van der Waals surface area contributed by atoms with Crippen molar-refractivity contribution in [2.75, 3.05) is 0 Å². The quantitative estimate of drug-likeness (QED) is 0.165. The summed E-state index contributed by atoms with van der Waals surface area (Å²) in [7, 11) is 0. The second-order valence-electron chi connectivity index (χ2n) is 14.5. The number of benzene rings is 8. The van der Waals surface area contributed by atoms with Crippen molar-refractivity contribution in [2.24, 2.45) is 0 Å². The number of para-hydroxylation sites is 2. The molecule has 0 unspecified atom stereocenters. The normalized spacial score (nSPS) is 11.8. The van der Waals surface area contributed by atoms with Gasteiger partial charge in [0.05, 0.1) is 33.4 Å². The van der Waals surface area contributed by atoms with E-state index in [4.69, 9.17) is 0 Å². The number of hydrogen-bond acceptors (Lipinski definition) is 0. The summed E-state index contributed by atoms with van der Waals surface area (Å²) in [5.41, 5.74) is 16.3. The van der Waals surface area contributed by atoms with E-state index in [1.165, 1.54) is 105 Å². The summed E-state index contributed by atoms with van der Waals surface area (Å²) in [4.78, 5) is 0. The Balaban J connectivity index is 1.23. The number of rotatable bonds is 6. The zero-order valence-corrected chi connectivity index (χ0v) is 30.4. The lowest BCUT2D eigenvalue weighted by atomic mass is 9.96. The zero-order valence-electron chi connectivity index (χ0n) is 30.4. The van der Waals surface area contributed by atoms with E-state index in [0.717, 1.165) is 12.8 Å². The first kappa shape index (κ1) is 31.4. The topological polar surface area (TPSA) is 9.86 Å². The van der Waals surface area contributed by atoms with Crippen LogP contribution in [0.4, 0.5) is 0 Å². The predicted octanol–water partition coefficient (Wildman–Crippen LogP) is 13.9. The Kier molecular flexibility index (Phi) is 7.33. The highest BCUT2D eigenvalue weighted by molar-refractivity contribution is 6.14. The lowest BCUT2D eigenvalue weighted by Crippen LogP contribution is -2.00. The smallest absolute Gasteiger partial charge is 0.0547 e. The Morgan fingerprint density at radius 1 is 0.377 bits per heavy atom. The van der Waals surface area contributed by atoms with Crippen LogP contribution in [0.2, 0.25) is 0 Å². The van der Waals surface area contributed by atoms with Crippen molar-refractivity contribution < 1.29 is 0 Å². The fraction of sp³-hybridized carbons (Fsp3) is 0.0980. The van der Waals surface area contributed by atoms with Gasteiger partial charge in [0.25, 0.3) is 0 Å². The van der Waals surface area contributed by atoms with Crippen LogP contribution in [0.25, 0.3) is 88.0 Å². The van der Waals surface area contributed by atoms with Crippen LogP contribution in [0, 0.1) is 13.8 Å². The second-order valence-corrected chi connectivity index (χ2v) is 14.5. The molecule has 0 radical (unpaired) electrons. The average Bonchev–Trinajstić information content (AvgIpc) is 3.70. The standard InChI is InChI=1S/C51H40N2/c1-4-13-35-22-25-39(34(3)30-35)37-24-27-45-43-19-10-12-21-47(43)53(51(45)32-37)49-29-28-48(40-16-7-8-17-41(40)49)52-46-20-11-9-18-42(46)44-26-23-36(31-50(44)52)38-15-6-5-14-33(38)2/h5-12,14-32H,4,13H2,1-3H3. The number of hydrogen-bond donors (Lipinski definition) is 0. The Morgan fingerprint density at radius 2 is 0.849 bits per heavy atom. The maximum absolute atomic E-state index is 2.49. The van der Waals surface area contributed by atoms with E-state index >= 15 is 0 Å². The maximum Gasteiger partial charge on any atom is 0.0547 e. The molecule has 8 aromatic carbocycles. The number of aromatic nitrogens is 2.